The van der Waals surface area contributed by atoms with Crippen LogP contribution in [-0.4, -0.2) is 13.1 Å². The van der Waals surface area contributed by atoms with E-state index in [0.29, 0.717) is 0 Å². The fraction of sp³-hybridized carbons (Fsp3) is 0.0833. The fourth-order valence-electron chi connectivity index (χ4n) is 3.43. The summed E-state index contributed by atoms with van der Waals surface area (Å²) in [6, 6.07) is 11.8. The van der Waals surface area contributed by atoms with Gasteiger partial charge in [0.1, 0.15) is 16.9 Å². The molecule has 0 spiro atoms. The van der Waals surface area contributed by atoms with Crippen molar-refractivity contribution in [3.05, 3.63) is 91.2 Å². The number of rotatable bonds is 4. The van der Waals surface area contributed by atoms with E-state index >= 15 is 0 Å². The number of esters is 1. The highest BCUT2D eigenvalue weighted by atomic mass is 35.5. The van der Waals surface area contributed by atoms with Crippen molar-refractivity contribution in [1.29, 1.82) is 0 Å². The minimum Gasteiger partial charge on any atom is -0.494 e. The molecular weight excluding hydrogens is 532 g/mol. The Bertz CT molecular complexity index is 1530. The van der Waals surface area contributed by atoms with E-state index in [0.717, 1.165) is 6.07 Å². The molecule has 0 unspecified atom stereocenters. The molecule has 180 valence electrons. The molecule has 0 aliphatic rings. The molecule has 0 fully saturated rings. The van der Waals surface area contributed by atoms with Crippen molar-refractivity contribution in [3.8, 4) is 22.6 Å². The van der Waals surface area contributed by atoms with Crippen LogP contribution in [0, 0.1) is 0 Å². The van der Waals surface area contributed by atoms with Gasteiger partial charge in [-0.05, 0) is 30.3 Å². The first-order valence-corrected chi connectivity index (χ1v) is 10.8. The second kappa shape index (κ2) is 9.45. The molecule has 0 N–H and O–H groups in total. The van der Waals surface area contributed by atoms with Gasteiger partial charge in [-0.25, -0.2) is 4.79 Å². The van der Waals surface area contributed by atoms with Gasteiger partial charge in [0, 0.05) is 16.7 Å². The van der Waals surface area contributed by atoms with Crippen molar-refractivity contribution in [2.24, 2.45) is 0 Å². The molecule has 0 aliphatic carbocycles. The van der Waals surface area contributed by atoms with Gasteiger partial charge in [-0.2, -0.15) is 13.2 Å². The van der Waals surface area contributed by atoms with E-state index in [4.69, 9.17) is 48.7 Å². The normalized spacial score (nSPS) is 11.5. The van der Waals surface area contributed by atoms with Gasteiger partial charge in [0.25, 0.3) is 0 Å². The van der Waals surface area contributed by atoms with Crippen LogP contribution in [0.15, 0.2) is 63.8 Å². The molecule has 0 aliphatic heterocycles. The number of hydrogen-bond acceptors (Lipinski definition) is 5. The van der Waals surface area contributed by atoms with Crippen LogP contribution >= 0.6 is 34.8 Å². The summed E-state index contributed by atoms with van der Waals surface area (Å²) < 4.78 is 57.1. The third-order valence-corrected chi connectivity index (χ3v) is 5.88. The first kappa shape index (κ1) is 24.9. The molecule has 0 atom stereocenters. The van der Waals surface area contributed by atoms with Gasteiger partial charge in [-0.15, -0.1) is 0 Å². The van der Waals surface area contributed by atoms with Crippen molar-refractivity contribution in [2.45, 2.75) is 6.18 Å². The molecule has 0 amide bonds. The summed E-state index contributed by atoms with van der Waals surface area (Å²) in [4.78, 5) is 25.8. The van der Waals surface area contributed by atoms with Crippen LogP contribution in [0.5, 0.6) is 11.5 Å². The van der Waals surface area contributed by atoms with Crippen molar-refractivity contribution >= 4 is 51.7 Å². The van der Waals surface area contributed by atoms with E-state index in [1.807, 2.05) is 0 Å². The van der Waals surface area contributed by atoms with E-state index in [9.17, 15) is 22.8 Å². The van der Waals surface area contributed by atoms with Crippen molar-refractivity contribution in [3.63, 3.8) is 0 Å². The predicted octanol–water partition coefficient (Wildman–Crippen LogP) is 7.67. The predicted molar refractivity (Wildman–Crippen MR) is 126 cm³/mol. The highest BCUT2D eigenvalue weighted by Crippen LogP contribution is 2.40. The molecule has 1 aromatic heterocycles. The maximum atomic E-state index is 13.9. The molecule has 0 saturated carbocycles. The monoisotopic (exact) mass is 542 g/mol. The van der Waals surface area contributed by atoms with E-state index in [1.54, 1.807) is 0 Å². The zero-order chi connectivity index (χ0) is 25.5. The van der Waals surface area contributed by atoms with Crippen LogP contribution in [0.25, 0.3) is 22.1 Å². The molecule has 5 nitrogen and oxygen atoms in total. The Morgan fingerprint density at radius 1 is 0.943 bits per heavy atom. The van der Waals surface area contributed by atoms with Gasteiger partial charge in [0.05, 0.1) is 28.1 Å². The number of carbonyl (C=O) groups excluding carboxylic acids is 1. The maximum absolute atomic E-state index is 13.9. The van der Waals surface area contributed by atoms with Crippen LogP contribution < -0.4 is 14.9 Å². The van der Waals surface area contributed by atoms with E-state index in [1.165, 1.54) is 55.6 Å². The lowest BCUT2D eigenvalue weighted by Gasteiger charge is -2.14. The molecule has 35 heavy (non-hydrogen) atoms. The fourth-order valence-corrected chi connectivity index (χ4v) is 4.12. The molecule has 1 heterocycles. The average Bonchev–Trinajstić information content (AvgIpc) is 2.80. The van der Waals surface area contributed by atoms with Gasteiger partial charge in [0.2, 0.25) is 11.2 Å². The Hall–Kier alpha value is -3.20. The molecule has 4 rings (SSSR count). The highest BCUT2D eigenvalue weighted by Gasteiger charge is 2.40. The summed E-state index contributed by atoms with van der Waals surface area (Å²) >= 11 is 18.2. The van der Waals surface area contributed by atoms with Crippen LogP contribution in [0.3, 0.4) is 0 Å². The Kier molecular flexibility index (Phi) is 6.73. The largest absolute Gasteiger partial charge is 0.494 e. The Morgan fingerprint density at radius 3 is 2.29 bits per heavy atom. The average molecular weight is 544 g/mol. The lowest BCUT2D eigenvalue weighted by molar-refractivity contribution is -0.152. The topological polar surface area (TPSA) is 65.7 Å². The van der Waals surface area contributed by atoms with Gasteiger partial charge in [0.15, 0.2) is 5.75 Å². The summed E-state index contributed by atoms with van der Waals surface area (Å²) in [6.07, 6.45) is -5.02. The van der Waals surface area contributed by atoms with Crippen LogP contribution in [0.4, 0.5) is 13.2 Å². The summed E-state index contributed by atoms with van der Waals surface area (Å²) in [5, 5.41) is -0.156. The summed E-state index contributed by atoms with van der Waals surface area (Å²) in [5.74, 6) is -2.77. The van der Waals surface area contributed by atoms with Crippen LogP contribution in [-0.2, 0) is 6.18 Å². The summed E-state index contributed by atoms with van der Waals surface area (Å²) in [6.45, 7) is 0. The second-order valence-electron chi connectivity index (χ2n) is 7.10. The van der Waals surface area contributed by atoms with Crippen LogP contribution in [0.2, 0.25) is 15.1 Å². The van der Waals surface area contributed by atoms with E-state index < -0.39 is 34.5 Å². The molecule has 3 aromatic carbocycles. The number of carbonyl (C=O) groups is 1. The zero-order valence-corrected chi connectivity index (χ0v) is 19.8. The van der Waals surface area contributed by atoms with E-state index in [2.05, 4.69) is 0 Å². The van der Waals surface area contributed by atoms with Crippen molar-refractivity contribution in [2.75, 3.05) is 7.11 Å². The number of halogens is 6. The molecule has 4 aromatic rings. The number of fused-ring (bicyclic) bond motifs is 1. The molecule has 0 saturated heterocycles. The minimum atomic E-state index is -5.02. The smallest absolute Gasteiger partial charge is 0.450 e. The summed E-state index contributed by atoms with van der Waals surface area (Å²) in [7, 11) is 1.27. The molecular formula is C24H12Cl3F3O5. The van der Waals surface area contributed by atoms with Crippen molar-refractivity contribution in [1.82, 2.24) is 0 Å². The second-order valence-corrected chi connectivity index (χ2v) is 8.32. The maximum Gasteiger partial charge on any atom is 0.450 e. The molecule has 0 radical (unpaired) electrons. The van der Waals surface area contributed by atoms with Gasteiger partial charge in [-0.3, -0.25) is 4.79 Å². The zero-order valence-electron chi connectivity index (χ0n) is 17.5. The van der Waals surface area contributed by atoms with Crippen LogP contribution in [0.1, 0.15) is 16.1 Å². The Balaban J connectivity index is 1.85. The Labute approximate surface area is 210 Å². The first-order valence-electron chi connectivity index (χ1n) is 9.70. The first-order chi connectivity index (χ1) is 16.5. The molecule has 0 bridgehead atoms. The standard InChI is InChI=1S/C24H12Cl3F3O5/c1-33-21-16(27)9-8-15(26)19(21)23(32)34-11-6-7-13-17(10-11)35-22(24(28,29)30)18(20(13)31)12-4-2-3-5-14(12)25/h2-10H,1H3. The third kappa shape index (κ3) is 4.69. The SMILES string of the molecule is COc1c(Cl)ccc(Cl)c1C(=O)Oc1ccc2c(=O)c(-c3ccccc3Cl)c(C(F)(F)F)oc2c1. The van der Waals surface area contributed by atoms with Gasteiger partial charge < -0.3 is 13.9 Å². The third-order valence-electron chi connectivity index (χ3n) is 4.94. The number of benzene rings is 3. The number of hydrogen-bond donors (Lipinski definition) is 0. The summed E-state index contributed by atoms with van der Waals surface area (Å²) in [5.41, 5.74) is -2.45. The minimum absolute atomic E-state index is 0.0210. The number of ether oxygens (including phenoxy) is 2. The highest BCUT2D eigenvalue weighted by molar-refractivity contribution is 6.37. The van der Waals surface area contributed by atoms with Gasteiger partial charge >= 0.3 is 12.1 Å². The van der Waals surface area contributed by atoms with E-state index in [-0.39, 0.29) is 43.1 Å². The lowest BCUT2D eigenvalue weighted by atomic mass is 10.0. The Morgan fingerprint density at radius 2 is 1.63 bits per heavy atom. The van der Waals surface area contributed by atoms with Gasteiger partial charge in [-0.1, -0.05) is 53.0 Å². The number of methoxy groups -OCH3 is 1. The number of alkyl halides is 3. The molecule has 11 heteroatoms. The van der Waals surface area contributed by atoms with Crippen molar-refractivity contribution < 1.29 is 31.9 Å². The quantitative estimate of drug-likeness (QED) is 0.195. The lowest BCUT2D eigenvalue weighted by Crippen LogP contribution is -2.16.